The van der Waals surface area contributed by atoms with Gasteiger partial charge in [0, 0.05) is 5.56 Å². The Bertz CT molecular complexity index is 807. The maximum absolute atomic E-state index is 11.5. The lowest BCUT2D eigenvalue weighted by Crippen LogP contribution is -2.08. The molecule has 0 radical (unpaired) electrons. The SMILES string of the molecule is CC(=O)c1ccc(-c2ccc(C(=O)O)c(C(=O)O)c2)cc1C(=O)O. The van der Waals surface area contributed by atoms with Gasteiger partial charge in [-0.05, 0) is 42.3 Å². The van der Waals surface area contributed by atoms with Gasteiger partial charge in [-0.3, -0.25) is 4.79 Å². The lowest BCUT2D eigenvalue weighted by molar-refractivity contribution is 0.0651. The first kappa shape index (κ1) is 16.9. The standard InChI is InChI=1S/C17H12O7/c1-8(18)11-4-2-9(6-13(11)16(21)22)10-3-5-12(15(19)20)14(7-10)17(23)24/h2-7H,1H3,(H,19,20)(H,21,22)(H,23,24). The molecule has 0 saturated carbocycles. The number of carbonyl (C=O) groups excluding carboxylic acids is 1. The van der Waals surface area contributed by atoms with Crippen LogP contribution in [0.2, 0.25) is 0 Å². The quantitative estimate of drug-likeness (QED) is 0.719. The molecule has 7 heteroatoms. The van der Waals surface area contributed by atoms with Gasteiger partial charge < -0.3 is 15.3 Å². The molecule has 7 nitrogen and oxygen atoms in total. The molecule has 0 aromatic heterocycles. The molecule has 0 fully saturated rings. The van der Waals surface area contributed by atoms with E-state index in [0.717, 1.165) is 12.1 Å². The minimum Gasteiger partial charge on any atom is -0.478 e. The highest BCUT2D eigenvalue weighted by Crippen LogP contribution is 2.26. The molecule has 0 saturated heterocycles. The van der Waals surface area contributed by atoms with Crippen molar-refractivity contribution in [1.29, 1.82) is 0 Å². The fourth-order valence-corrected chi connectivity index (χ4v) is 2.30. The molecule has 0 aliphatic carbocycles. The minimum absolute atomic E-state index is 0.0341. The van der Waals surface area contributed by atoms with Crippen molar-refractivity contribution in [3.05, 3.63) is 58.7 Å². The summed E-state index contributed by atoms with van der Waals surface area (Å²) in [4.78, 5) is 45.1. The molecular weight excluding hydrogens is 316 g/mol. The normalized spacial score (nSPS) is 10.2. The molecule has 0 heterocycles. The second-order valence-corrected chi connectivity index (χ2v) is 4.99. The Hall–Kier alpha value is -3.48. The Morgan fingerprint density at radius 1 is 0.625 bits per heavy atom. The van der Waals surface area contributed by atoms with Gasteiger partial charge in [0.25, 0.3) is 0 Å². The topological polar surface area (TPSA) is 129 Å². The predicted molar refractivity (Wildman–Crippen MR) is 82.8 cm³/mol. The van der Waals surface area contributed by atoms with E-state index in [-0.39, 0.29) is 16.7 Å². The second-order valence-electron chi connectivity index (χ2n) is 4.99. The molecule has 2 aromatic rings. The molecule has 0 aliphatic heterocycles. The van der Waals surface area contributed by atoms with Gasteiger partial charge in [0.1, 0.15) is 0 Å². The Kier molecular flexibility index (Phi) is 4.45. The van der Waals surface area contributed by atoms with Crippen molar-refractivity contribution in [3.63, 3.8) is 0 Å². The molecule has 3 N–H and O–H groups in total. The molecule has 0 bridgehead atoms. The number of ketones is 1. The molecule has 0 unspecified atom stereocenters. The Labute approximate surface area is 135 Å². The highest BCUT2D eigenvalue weighted by Gasteiger charge is 2.19. The number of carboxylic acids is 3. The zero-order chi connectivity index (χ0) is 18.0. The van der Waals surface area contributed by atoms with Crippen LogP contribution in [0.25, 0.3) is 11.1 Å². The summed E-state index contributed by atoms with van der Waals surface area (Å²) in [6.07, 6.45) is 0. The number of aromatic carboxylic acids is 3. The zero-order valence-corrected chi connectivity index (χ0v) is 12.4. The summed E-state index contributed by atoms with van der Waals surface area (Å²) in [5.74, 6) is -4.49. The summed E-state index contributed by atoms with van der Waals surface area (Å²) in [5.41, 5.74) is -0.268. The molecule has 0 atom stereocenters. The van der Waals surface area contributed by atoms with Gasteiger partial charge in [-0.25, -0.2) is 14.4 Å². The third-order valence-corrected chi connectivity index (χ3v) is 3.44. The smallest absolute Gasteiger partial charge is 0.336 e. The molecule has 0 spiro atoms. The summed E-state index contributed by atoms with van der Waals surface area (Å²) < 4.78 is 0. The Morgan fingerprint density at radius 3 is 1.38 bits per heavy atom. The summed E-state index contributed by atoms with van der Waals surface area (Å²) in [7, 11) is 0. The van der Waals surface area contributed by atoms with Crippen LogP contribution in [0.5, 0.6) is 0 Å². The van der Waals surface area contributed by atoms with E-state index in [1.807, 2.05) is 0 Å². The average molecular weight is 328 g/mol. The van der Waals surface area contributed by atoms with Crippen LogP contribution in [0, 0.1) is 0 Å². The van der Waals surface area contributed by atoms with E-state index in [1.54, 1.807) is 0 Å². The van der Waals surface area contributed by atoms with Gasteiger partial charge in [0.15, 0.2) is 5.78 Å². The molecule has 0 amide bonds. The molecule has 2 aromatic carbocycles. The fourth-order valence-electron chi connectivity index (χ4n) is 2.30. The van der Waals surface area contributed by atoms with Crippen LogP contribution in [0.4, 0.5) is 0 Å². The Morgan fingerprint density at radius 2 is 1.00 bits per heavy atom. The summed E-state index contributed by atoms with van der Waals surface area (Å²) >= 11 is 0. The highest BCUT2D eigenvalue weighted by molar-refractivity contribution is 6.06. The number of carbonyl (C=O) groups is 4. The van der Waals surface area contributed by atoms with Gasteiger partial charge in [0.2, 0.25) is 0 Å². The lowest BCUT2D eigenvalue weighted by Gasteiger charge is -2.09. The second kappa shape index (κ2) is 6.33. The van der Waals surface area contributed by atoms with Gasteiger partial charge in [-0.1, -0.05) is 12.1 Å². The van der Waals surface area contributed by atoms with E-state index in [2.05, 4.69) is 0 Å². The van der Waals surface area contributed by atoms with Crippen LogP contribution in [-0.2, 0) is 0 Å². The van der Waals surface area contributed by atoms with Gasteiger partial charge in [-0.2, -0.15) is 0 Å². The first-order valence-corrected chi connectivity index (χ1v) is 6.71. The predicted octanol–water partition coefficient (Wildman–Crippen LogP) is 2.65. The van der Waals surface area contributed by atoms with Crippen LogP contribution in [-0.4, -0.2) is 39.0 Å². The lowest BCUT2D eigenvalue weighted by atomic mass is 9.95. The molecular formula is C17H12O7. The average Bonchev–Trinajstić information content (AvgIpc) is 2.53. The van der Waals surface area contributed by atoms with Gasteiger partial charge in [-0.15, -0.1) is 0 Å². The monoisotopic (exact) mass is 328 g/mol. The minimum atomic E-state index is -1.41. The molecule has 24 heavy (non-hydrogen) atoms. The van der Waals surface area contributed by atoms with Crippen molar-refractivity contribution < 1.29 is 34.5 Å². The van der Waals surface area contributed by atoms with Gasteiger partial charge in [0.05, 0.1) is 16.7 Å². The third-order valence-electron chi connectivity index (χ3n) is 3.44. The summed E-state index contributed by atoms with van der Waals surface area (Å²) in [6.45, 7) is 1.24. The van der Waals surface area contributed by atoms with Crippen LogP contribution in [0.15, 0.2) is 36.4 Å². The number of rotatable bonds is 5. The first-order chi connectivity index (χ1) is 11.2. The van der Waals surface area contributed by atoms with Crippen molar-refractivity contribution in [2.24, 2.45) is 0 Å². The molecule has 2 rings (SSSR count). The van der Waals surface area contributed by atoms with Crippen molar-refractivity contribution >= 4 is 23.7 Å². The Balaban J connectivity index is 2.64. The van der Waals surface area contributed by atoms with Crippen molar-refractivity contribution in [1.82, 2.24) is 0 Å². The first-order valence-electron chi connectivity index (χ1n) is 6.71. The van der Waals surface area contributed by atoms with E-state index in [9.17, 15) is 24.3 Å². The van der Waals surface area contributed by atoms with E-state index in [1.165, 1.54) is 31.2 Å². The van der Waals surface area contributed by atoms with E-state index in [0.29, 0.717) is 11.1 Å². The summed E-state index contributed by atoms with van der Waals surface area (Å²) in [5, 5.41) is 27.4. The molecule has 122 valence electrons. The van der Waals surface area contributed by atoms with Crippen molar-refractivity contribution in [3.8, 4) is 11.1 Å². The fraction of sp³-hybridized carbons (Fsp3) is 0.0588. The zero-order valence-electron chi connectivity index (χ0n) is 12.4. The number of benzene rings is 2. The van der Waals surface area contributed by atoms with Crippen molar-refractivity contribution in [2.45, 2.75) is 6.92 Å². The van der Waals surface area contributed by atoms with Crippen LogP contribution >= 0.6 is 0 Å². The number of hydrogen-bond donors (Lipinski definition) is 3. The number of hydrogen-bond acceptors (Lipinski definition) is 4. The van der Waals surface area contributed by atoms with E-state index in [4.69, 9.17) is 10.2 Å². The highest BCUT2D eigenvalue weighted by atomic mass is 16.4. The number of carboxylic acid groups (broad SMARTS) is 3. The number of Topliss-reactive ketones (excluding diaryl/α,β-unsaturated/α-hetero) is 1. The summed E-state index contributed by atoms with van der Waals surface area (Å²) in [6, 6.07) is 7.74. The van der Waals surface area contributed by atoms with Crippen LogP contribution in [0.3, 0.4) is 0 Å². The van der Waals surface area contributed by atoms with Crippen LogP contribution in [0.1, 0.15) is 48.4 Å². The van der Waals surface area contributed by atoms with Crippen molar-refractivity contribution in [2.75, 3.05) is 0 Å². The van der Waals surface area contributed by atoms with E-state index >= 15 is 0 Å². The maximum Gasteiger partial charge on any atom is 0.336 e. The van der Waals surface area contributed by atoms with E-state index < -0.39 is 29.3 Å². The van der Waals surface area contributed by atoms with Gasteiger partial charge >= 0.3 is 17.9 Å². The van der Waals surface area contributed by atoms with Crippen LogP contribution < -0.4 is 0 Å². The maximum atomic E-state index is 11.5. The molecule has 0 aliphatic rings. The largest absolute Gasteiger partial charge is 0.478 e. The third kappa shape index (κ3) is 3.14.